The normalized spacial score (nSPS) is 17.2. The number of carbonyl (C=O) groups excluding carboxylic acids is 1. The summed E-state index contributed by atoms with van der Waals surface area (Å²) in [6.07, 6.45) is 4.46. The Morgan fingerprint density at radius 1 is 1.25 bits per heavy atom. The van der Waals surface area contributed by atoms with E-state index < -0.39 is 9.84 Å². The van der Waals surface area contributed by atoms with Gasteiger partial charge >= 0.3 is 6.03 Å². The van der Waals surface area contributed by atoms with Gasteiger partial charge in [-0.15, -0.1) is 0 Å². The van der Waals surface area contributed by atoms with Gasteiger partial charge < -0.3 is 9.80 Å². The molecule has 6 heteroatoms. The summed E-state index contributed by atoms with van der Waals surface area (Å²) >= 11 is 0. The van der Waals surface area contributed by atoms with E-state index >= 15 is 0 Å². The van der Waals surface area contributed by atoms with Crippen LogP contribution in [0.1, 0.15) is 19.3 Å². The van der Waals surface area contributed by atoms with Crippen LogP contribution in [0.4, 0.5) is 4.79 Å². The second-order valence-corrected chi connectivity index (χ2v) is 6.64. The van der Waals surface area contributed by atoms with Crippen molar-refractivity contribution in [3.05, 3.63) is 0 Å². The van der Waals surface area contributed by atoms with Crippen LogP contribution in [0.5, 0.6) is 0 Å². The van der Waals surface area contributed by atoms with E-state index in [9.17, 15) is 13.2 Å². The summed E-state index contributed by atoms with van der Waals surface area (Å²) in [4.78, 5) is 15.2. The molecule has 1 fully saturated rings. The first-order chi connectivity index (χ1) is 7.40. The van der Waals surface area contributed by atoms with Gasteiger partial charge in [0.25, 0.3) is 0 Å². The molecule has 5 nitrogen and oxygen atoms in total. The van der Waals surface area contributed by atoms with E-state index in [4.69, 9.17) is 0 Å². The van der Waals surface area contributed by atoms with Crippen LogP contribution in [0, 0.1) is 0 Å². The van der Waals surface area contributed by atoms with Gasteiger partial charge in [-0.3, -0.25) is 0 Å². The molecule has 0 aliphatic carbocycles. The summed E-state index contributed by atoms with van der Waals surface area (Å²) in [6.45, 7) is 1.86. The van der Waals surface area contributed by atoms with Gasteiger partial charge in [-0.2, -0.15) is 0 Å². The van der Waals surface area contributed by atoms with Gasteiger partial charge in [0, 0.05) is 32.9 Å². The molecule has 1 heterocycles. The lowest BCUT2D eigenvalue weighted by Crippen LogP contribution is -2.45. The molecule has 1 aliphatic heterocycles. The van der Waals surface area contributed by atoms with Crippen molar-refractivity contribution in [2.45, 2.75) is 19.3 Å². The Morgan fingerprint density at radius 3 is 2.31 bits per heavy atom. The summed E-state index contributed by atoms with van der Waals surface area (Å²) < 4.78 is 22.0. The van der Waals surface area contributed by atoms with Crippen LogP contribution >= 0.6 is 0 Å². The van der Waals surface area contributed by atoms with Gasteiger partial charge in [-0.25, -0.2) is 13.2 Å². The molecule has 0 bridgehead atoms. The maximum absolute atomic E-state index is 11.9. The Hall–Kier alpha value is -0.780. The van der Waals surface area contributed by atoms with Crippen LogP contribution in [0.15, 0.2) is 0 Å². The Kier molecular flexibility index (Phi) is 4.58. The lowest BCUT2D eigenvalue weighted by molar-refractivity contribution is 0.155. The summed E-state index contributed by atoms with van der Waals surface area (Å²) in [5.74, 6) is 0.0308. The third-order valence-corrected chi connectivity index (χ3v) is 3.67. The molecular weight excluding hydrogens is 228 g/mol. The molecule has 16 heavy (non-hydrogen) atoms. The minimum absolute atomic E-state index is 0.0308. The van der Waals surface area contributed by atoms with E-state index in [2.05, 4.69) is 0 Å². The maximum Gasteiger partial charge on any atom is 0.319 e. The average molecular weight is 248 g/mol. The van der Waals surface area contributed by atoms with Crippen molar-refractivity contribution in [2.24, 2.45) is 0 Å². The van der Waals surface area contributed by atoms with Crippen molar-refractivity contribution < 1.29 is 13.2 Å². The molecule has 0 aromatic heterocycles. The van der Waals surface area contributed by atoms with Gasteiger partial charge in [-0.05, 0) is 19.3 Å². The number of carbonyl (C=O) groups is 1. The predicted molar refractivity (Wildman–Crippen MR) is 63.2 cm³/mol. The summed E-state index contributed by atoms with van der Waals surface area (Å²) in [7, 11) is -1.34. The first-order valence-electron chi connectivity index (χ1n) is 5.58. The highest BCUT2D eigenvalue weighted by molar-refractivity contribution is 7.90. The minimum Gasteiger partial charge on any atom is -0.327 e. The number of likely N-dealkylation sites (tertiary alicyclic amines) is 1. The van der Waals surface area contributed by atoms with Crippen LogP contribution in [-0.2, 0) is 9.84 Å². The summed E-state index contributed by atoms with van der Waals surface area (Å²) in [5, 5.41) is 0. The number of urea groups is 1. The maximum atomic E-state index is 11.9. The molecule has 0 unspecified atom stereocenters. The standard InChI is InChI=1S/C10H20N2O3S/c1-11(8-9-16(2,14)15)10(13)12-6-4-3-5-7-12/h3-9H2,1-2H3. The van der Waals surface area contributed by atoms with Crippen molar-refractivity contribution in [2.75, 3.05) is 38.7 Å². The van der Waals surface area contributed by atoms with Crippen LogP contribution in [0.25, 0.3) is 0 Å². The van der Waals surface area contributed by atoms with E-state index in [1.807, 2.05) is 0 Å². The van der Waals surface area contributed by atoms with Crippen molar-refractivity contribution in [3.8, 4) is 0 Å². The van der Waals surface area contributed by atoms with E-state index in [0.29, 0.717) is 0 Å². The molecule has 0 spiro atoms. The first-order valence-corrected chi connectivity index (χ1v) is 7.64. The van der Waals surface area contributed by atoms with E-state index in [0.717, 1.165) is 25.9 Å². The average Bonchev–Trinajstić information content (AvgIpc) is 2.25. The third kappa shape index (κ3) is 4.38. The molecule has 0 saturated carbocycles. The molecule has 0 atom stereocenters. The highest BCUT2D eigenvalue weighted by Gasteiger charge is 2.20. The van der Waals surface area contributed by atoms with Crippen LogP contribution in [0.3, 0.4) is 0 Å². The van der Waals surface area contributed by atoms with Crippen molar-refractivity contribution in [3.63, 3.8) is 0 Å². The van der Waals surface area contributed by atoms with Gasteiger partial charge in [0.1, 0.15) is 9.84 Å². The van der Waals surface area contributed by atoms with Gasteiger partial charge in [-0.1, -0.05) is 0 Å². The second kappa shape index (κ2) is 5.52. The van der Waals surface area contributed by atoms with Crippen molar-refractivity contribution in [1.29, 1.82) is 0 Å². The second-order valence-electron chi connectivity index (χ2n) is 4.38. The quantitative estimate of drug-likeness (QED) is 0.733. The number of nitrogens with zero attached hydrogens (tertiary/aromatic N) is 2. The zero-order valence-corrected chi connectivity index (χ0v) is 10.8. The molecule has 0 aromatic carbocycles. The molecule has 0 aromatic rings. The summed E-state index contributed by atoms with van der Waals surface area (Å²) in [5.41, 5.74) is 0. The minimum atomic E-state index is -3.00. The lowest BCUT2D eigenvalue weighted by atomic mass is 10.1. The zero-order valence-electron chi connectivity index (χ0n) is 9.98. The highest BCUT2D eigenvalue weighted by Crippen LogP contribution is 2.10. The van der Waals surface area contributed by atoms with Gasteiger partial charge in [0.15, 0.2) is 0 Å². The number of hydrogen-bond donors (Lipinski definition) is 0. The molecule has 2 amide bonds. The van der Waals surface area contributed by atoms with Crippen LogP contribution < -0.4 is 0 Å². The molecule has 1 saturated heterocycles. The van der Waals surface area contributed by atoms with Crippen molar-refractivity contribution >= 4 is 15.9 Å². The number of rotatable bonds is 3. The fraction of sp³-hybridized carbons (Fsp3) is 0.900. The zero-order chi connectivity index (χ0) is 12.2. The predicted octanol–water partition coefficient (Wildman–Crippen LogP) is 0.569. The fourth-order valence-corrected chi connectivity index (χ4v) is 2.33. The molecule has 1 rings (SSSR count). The SMILES string of the molecule is CN(CCS(C)(=O)=O)C(=O)N1CCCCC1. The monoisotopic (exact) mass is 248 g/mol. The van der Waals surface area contributed by atoms with Crippen molar-refractivity contribution in [1.82, 2.24) is 9.80 Å². The summed E-state index contributed by atoms with van der Waals surface area (Å²) in [6, 6.07) is -0.0525. The van der Waals surface area contributed by atoms with E-state index in [1.54, 1.807) is 11.9 Å². The fourth-order valence-electron chi connectivity index (χ4n) is 1.73. The topological polar surface area (TPSA) is 57.7 Å². The number of hydrogen-bond acceptors (Lipinski definition) is 3. The van der Waals surface area contributed by atoms with Crippen LogP contribution in [0.2, 0.25) is 0 Å². The smallest absolute Gasteiger partial charge is 0.319 e. The van der Waals surface area contributed by atoms with E-state index in [1.165, 1.54) is 17.6 Å². The molecule has 0 N–H and O–H groups in total. The number of piperidine rings is 1. The molecule has 0 radical (unpaired) electrons. The Morgan fingerprint density at radius 2 is 1.81 bits per heavy atom. The highest BCUT2D eigenvalue weighted by atomic mass is 32.2. The first kappa shape index (κ1) is 13.3. The molecule has 1 aliphatic rings. The van der Waals surface area contributed by atoms with Gasteiger partial charge in [0.2, 0.25) is 0 Å². The molecular formula is C10H20N2O3S. The van der Waals surface area contributed by atoms with E-state index in [-0.39, 0.29) is 18.3 Å². The Labute approximate surface area is 97.3 Å². The number of amides is 2. The Balaban J connectivity index is 2.40. The van der Waals surface area contributed by atoms with Crippen LogP contribution in [-0.4, -0.2) is 62.9 Å². The largest absolute Gasteiger partial charge is 0.327 e. The molecule has 94 valence electrons. The number of sulfone groups is 1. The Bertz CT molecular complexity index is 334. The van der Waals surface area contributed by atoms with Gasteiger partial charge in [0.05, 0.1) is 5.75 Å². The lowest BCUT2D eigenvalue weighted by Gasteiger charge is -2.30. The third-order valence-electron chi connectivity index (χ3n) is 2.75.